The second-order valence-corrected chi connectivity index (χ2v) is 10.9. The molecule has 9 nitrogen and oxygen atoms in total. The van der Waals surface area contributed by atoms with Crippen molar-refractivity contribution < 1.29 is 19.2 Å². The van der Waals surface area contributed by atoms with Crippen LogP contribution in [-0.2, 0) is 17.9 Å². The van der Waals surface area contributed by atoms with Crippen LogP contribution in [0.15, 0.2) is 60.8 Å². The van der Waals surface area contributed by atoms with Crippen LogP contribution in [0.5, 0.6) is 5.75 Å². The van der Waals surface area contributed by atoms with Gasteiger partial charge in [-0.2, -0.15) is 0 Å². The van der Waals surface area contributed by atoms with Gasteiger partial charge in [0.2, 0.25) is 5.91 Å². The van der Waals surface area contributed by atoms with Gasteiger partial charge in [-0.05, 0) is 68.5 Å². The average molecular weight is 563 g/mol. The second kappa shape index (κ2) is 14.5. The van der Waals surface area contributed by atoms with E-state index in [1.54, 1.807) is 26.2 Å². The number of aryl methyl sites for hydroxylation is 1. The van der Waals surface area contributed by atoms with Crippen molar-refractivity contribution in [2.45, 2.75) is 66.6 Å². The van der Waals surface area contributed by atoms with Crippen LogP contribution in [-0.4, -0.2) is 57.3 Å². The van der Waals surface area contributed by atoms with E-state index < -0.39 is 4.92 Å². The highest BCUT2D eigenvalue weighted by atomic mass is 16.6. The summed E-state index contributed by atoms with van der Waals surface area (Å²) in [6, 6.07) is 16.3. The smallest absolute Gasteiger partial charge is 0.273 e. The minimum atomic E-state index is -0.485. The van der Waals surface area contributed by atoms with E-state index in [0.29, 0.717) is 37.5 Å². The normalized spacial score (nSPS) is 11.8. The molecule has 0 aliphatic rings. The minimum absolute atomic E-state index is 0.0508. The molecule has 41 heavy (non-hydrogen) atoms. The topological polar surface area (TPSA) is 97.9 Å². The van der Waals surface area contributed by atoms with Gasteiger partial charge in [0.1, 0.15) is 12.3 Å². The molecule has 220 valence electrons. The molecule has 3 rings (SSSR count). The number of ether oxygens (including phenoxy) is 1. The van der Waals surface area contributed by atoms with Gasteiger partial charge in [0.15, 0.2) is 0 Å². The number of carbonyl (C=O) groups is 2. The maximum absolute atomic E-state index is 13.8. The van der Waals surface area contributed by atoms with Crippen LogP contribution in [0.25, 0.3) is 0 Å². The molecule has 1 unspecified atom stereocenters. The summed E-state index contributed by atoms with van der Waals surface area (Å²) in [5, 5.41) is 11.5. The molecule has 2 amide bonds. The van der Waals surface area contributed by atoms with E-state index in [4.69, 9.17) is 4.74 Å². The molecule has 0 radical (unpaired) electrons. The molecule has 2 aromatic carbocycles. The van der Waals surface area contributed by atoms with Gasteiger partial charge in [0.05, 0.1) is 18.6 Å². The Morgan fingerprint density at radius 1 is 1.07 bits per heavy atom. The molecule has 0 bridgehead atoms. The number of nitro groups is 1. The maximum Gasteiger partial charge on any atom is 0.273 e. The van der Waals surface area contributed by atoms with Crippen molar-refractivity contribution in [3.8, 4) is 5.75 Å². The summed E-state index contributed by atoms with van der Waals surface area (Å²) >= 11 is 0. The number of rotatable bonds is 14. The van der Waals surface area contributed by atoms with Crippen molar-refractivity contribution in [2.24, 2.45) is 5.92 Å². The first-order valence-corrected chi connectivity index (χ1v) is 14.1. The third kappa shape index (κ3) is 8.42. The Kier molecular flexibility index (Phi) is 11.1. The number of aromatic nitrogens is 1. The lowest BCUT2D eigenvalue weighted by atomic mass is 10.1. The third-order valence-corrected chi connectivity index (χ3v) is 7.43. The molecule has 0 spiro atoms. The van der Waals surface area contributed by atoms with Gasteiger partial charge in [-0.1, -0.05) is 39.0 Å². The summed E-state index contributed by atoms with van der Waals surface area (Å²) in [6.45, 7) is 11.1. The van der Waals surface area contributed by atoms with E-state index in [9.17, 15) is 19.7 Å². The molecule has 1 atom stereocenters. The van der Waals surface area contributed by atoms with Crippen molar-refractivity contribution in [1.82, 2.24) is 14.4 Å². The Morgan fingerprint density at radius 3 is 2.49 bits per heavy atom. The lowest BCUT2D eigenvalue weighted by Crippen LogP contribution is -2.46. The first kappa shape index (κ1) is 31.4. The molecule has 3 aromatic rings. The van der Waals surface area contributed by atoms with Gasteiger partial charge < -0.3 is 19.1 Å². The SMILES string of the molecule is CCC(C)N(Cc1cccn1Cc1cccc(OC)c1)C(=O)CN(CCC(C)C)C(=O)c1ccc(C)c([N+](=O)[O-])c1. The predicted molar refractivity (Wildman–Crippen MR) is 160 cm³/mol. The van der Waals surface area contributed by atoms with Gasteiger partial charge in [-0.15, -0.1) is 0 Å². The number of benzene rings is 2. The molecule has 1 aromatic heterocycles. The highest BCUT2D eigenvalue weighted by molar-refractivity contribution is 5.97. The number of hydrogen-bond donors (Lipinski definition) is 0. The number of nitro benzene ring substituents is 1. The third-order valence-electron chi connectivity index (χ3n) is 7.43. The van der Waals surface area contributed by atoms with E-state index in [1.807, 2.05) is 61.3 Å². The first-order chi connectivity index (χ1) is 19.5. The van der Waals surface area contributed by atoms with Gasteiger partial charge in [-0.25, -0.2) is 0 Å². The molecule has 0 fully saturated rings. The van der Waals surface area contributed by atoms with Gasteiger partial charge in [0, 0.05) is 48.2 Å². The Hall–Kier alpha value is -4.14. The van der Waals surface area contributed by atoms with Crippen molar-refractivity contribution in [2.75, 3.05) is 20.2 Å². The standard InChI is InChI=1S/C32H42N4O5/c1-7-25(5)35(21-28-11-9-16-33(28)20-26-10-8-12-29(18-26)41-6)31(37)22-34(17-15-23(2)3)32(38)27-14-13-24(4)30(19-27)36(39)40/h8-14,16,18-19,23,25H,7,15,17,20-22H2,1-6H3. The molecule has 9 heteroatoms. The zero-order chi connectivity index (χ0) is 30.1. The fraction of sp³-hybridized carbons (Fsp3) is 0.438. The van der Waals surface area contributed by atoms with E-state index >= 15 is 0 Å². The zero-order valence-corrected chi connectivity index (χ0v) is 25.0. The number of amides is 2. The minimum Gasteiger partial charge on any atom is -0.497 e. The highest BCUT2D eigenvalue weighted by Crippen LogP contribution is 2.22. The predicted octanol–water partition coefficient (Wildman–Crippen LogP) is 6.08. The summed E-state index contributed by atoms with van der Waals surface area (Å²) in [5.74, 6) is 0.566. The van der Waals surface area contributed by atoms with Crippen molar-refractivity contribution in [3.63, 3.8) is 0 Å². The Morgan fingerprint density at radius 2 is 1.83 bits per heavy atom. The number of nitrogens with zero attached hydrogens (tertiary/aromatic N) is 4. The molecule has 0 N–H and O–H groups in total. The molecule has 0 aliphatic carbocycles. The number of hydrogen-bond acceptors (Lipinski definition) is 5. The van der Waals surface area contributed by atoms with Gasteiger partial charge in [0.25, 0.3) is 11.6 Å². The summed E-state index contributed by atoms with van der Waals surface area (Å²) in [6.07, 6.45) is 3.46. The molecule has 0 aliphatic heterocycles. The first-order valence-electron chi connectivity index (χ1n) is 14.1. The van der Waals surface area contributed by atoms with E-state index in [-0.39, 0.29) is 35.7 Å². The summed E-state index contributed by atoms with van der Waals surface area (Å²) in [5.41, 5.74) is 2.65. The average Bonchev–Trinajstić information content (AvgIpc) is 3.39. The number of carbonyl (C=O) groups excluding carboxylic acids is 2. The lowest BCUT2D eigenvalue weighted by molar-refractivity contribution is -0.385. The summed E-state index contributed by atoms with van der Waals surface area (Å²) < 4.78 is 7.48. The van der Waals surface area contributed by atoms with Gasteiger partial charge in [-0.3, -0.25) is 19.7 Å². The fourth-order valence-corrected chi connectivity index (χ4v) is 4.64. The quantitative estimate of drug-likeness (QED) is 0.175. The molecular formula is C32H42N4O5. The molecular weight excluding hydrogens is 520 g/mol. The van der Waals surface area contributed by atoms with Crippen molar-refractivity contribution in [1.29, 1.82) is 0 Å². The van der Waals surface area contributed by atoms with Crippen LogP contribution in [0, 0.1) is 23.0 Å². The van der Waals surface area contributed by atoms with Crippen LogP contribution in [0.4, 0.5) is 5.69 Å². The summed E-state index contributed by atoms with van der Waals surface area (Å²) in [4.78, 5) is 41.8. The van der Waals surface area contributed by atoms with Crippen LogP contribution in [0.1, 0.15) is 67.7 Å². The van der Waals surface area contributed by atoms with E-state index in [0.717, 1.165) is 23.4 Å². The molecule has 0 saturated heterocycles. The molecule has 0 saturated carbocycles. The van der Waals surface area contributed by atoms with Crippen LogP contribution >= 0.6 is 0 Å². The van der Waals surface area contributed by atoms with Crippen molar-refractivity contribution in [3.05, 3.63) is 93.3 Å². The highest BCUT2D eigenvalue weighted by Gasteiger charge is 2.27. The Bertz CT molecular complexity index is 1350. The Balaban J connectivity index is 1.84. The van der Waals surface area contributed by atoms with Crippen LogP contribution < -0.4 is 4.74 Å². The maximum atomic E-state index is 13.8. The second-order valence-electron chi connectivity index (χ2n) is 10.9. The summed E-state index contributed by atoms with van der Waals surface area (Å²) in [7, 11) is 1.64. The van der Waals surface area contributed by atoms with E-state index in [2.05, 4.69) is 18.4 Å². The monoisotopic (exact) mass is 562 g/mol. The number of methoxy groups -OCH3 is 1. The van der Waals surface area contributed by atoms with E-state index in [1.165, 1.54) is 11.0 Å². The fourth-order valence-electron chi connectivity index (χ4n) is 4.64. The molecule has 1 heterocycles. The largest absolute Gasteiger partial charge is 0.497 e. The van der Waals surface area contributed by atoms with Crippen LogP contribution in [0.2, 0.25) is 0 Å². The van der Waals surface area contributed by atoms with Crippen molar-refractivity contribution >= 4 is 17.5 Å². The van der Waals surface area contributed by atoms with Crippen LogP contribution in [0.3, 0.4) is 0 Å². The zero-order valence-electron chi connectivity index (χ0n) is 25.0. The lowest BCUT2D eigenvalue weighted by Gasteiger charge is -2.32. The van der Waals surface area contributed by atoms with Gasteiger partial charge >= 0.3 is 0 Å². The Labute approximate surface area is 242 Å².